The first-order valence-corrected chi connectivity index (χ1v) is 10.5. The van der Waals surface area contributed by atoms with Gasteiger partial charge in [-0.15, -0.1) is 0 Å². The molecule has 0 aromatic heterocycles. The summed E-state index contributed by atoms with van der Waals surface area (Å²) in [4.78, 5) is 25.3. The van der Waals surface area contributed by atoms with Crippen LogP contribution in [0, 0.1) is 0 Å². The zero-order valence-electron chi connectivity index (χ0n) is 17.7. The van der Waals surface area contributed by atoms with Gasteiger partial charge in [0, 0.05) is 30.9 Å². The number of unbranched alkanes of at least 4 members (excludes halogenated alkanes) is 3. The molecule has 0 saturated heterocycles. The third-order valence-corrected chi connectivity index (χ3v) is 4.80. The molecule has 2 rings (SSSR count). The van der Waals surface area contributed by atoms with E-state index in [1.54, 1.807) is 60.5 Å². The highest BCUT2D eigenvalue weighted by atomic mass is 32.1. The van der Waals surface area contributed by atoms with Gasteiger partial charge < -0.3 is 15.0 Å². The summed E-state index contributed by atoms with van der Waals surface area (Å²) in [6.07, 6.45) is 4.61. The topological polar surface area (TPSA) is 70.7 Å². The Kier molecular flexibility index (Phi) is 9.28. The molecule has 0 aliphatic carbocycles. The largest absolute Gasteiger partial charge is 0.494 e. The molecule has 0 bridgehead atoms. The maximum Gasteiger partial charge on any atom is 0.257 e. The Balaban J connectivity index is 1.82. The molecular formula is C23H29N3O3S. The molecule has 0 spiro atoms. The molecule has 6 nitrogen and oxygen atoms in total. The van der Waals surface area contributed by atoms with Gasteiger partial charge in [0.2, 0.25) is 5.91 Å². The predicted octanol–water partition coefficient (Wildman–Crippen LogP) is 4.76. The zero-order valence-corrected chi connectivity index (χ0v) is 18.6. The van der Waals surface area contributed by atoms with Crippen molar-refractivity contribution in [3.63, 3.8) is 0 Å². The number of nitrogens with one attached hydrogen (secondary N) is 2. The van der Waals surface area contributed by atoms with E-state index in [1.807, 2.05) is 0 Å². The van der Waals surface area contributed by atoms with Crippen molar-refractivity contribution in [3.05, 3.63) is 54.1 Å². The quantitative estimate of drug-likeness (QED) is 0.446. The van der Waals surface area contributed by atoms with Crippen molar-refractivity contribution in [3.8, 4) is 5.75 Å². The molecule has 160 valence electrons. The Labute approximate surface area is 183 Å². The first kappa shape index (κ1) is 23.3. The number of thiocarbonyl (C=S) groups is 1. The Morgan fingerprint density at radius 2 is 1.67 bits per heavy atom. The molecule has 7 heteroatoms. The van der Waals surface area contributed by atoms with Crippen LogP contribution in [0.2, 0.25) is 0 Å². The van der Waals surface area contributed by atoms with Crippen LogP contribution >= 0.6 is 12.2 Å². The van der Waals surface area contributed by atoms with Crippen LogP contribution in [0.3, 0.4) is 0 Å². The van der Waals surface area contributed by atoms with E-state index in [0.29, 0.717) is 17.9 Å². The van der Waals surface area contributed by atoms with Crippen molar-refractivity contribution < 1.29 is 14.3 Å². The van der Waals surface area contributed by atoms with E-state index in [9.17, 15) is 9.59 Å². The van der Waals surface area contributed by atoms with Crippen molar-refractivity contribution in [2.75, 3.05) is 23.9 Å². The van der Waals surface area contributed by atoms with E-state index in [-0.39, 0.29) is 16.9 Å². The number of hydrogen-bond donors (Lipinski definition) is 2. The number of rotatable bonds is 9. The fraction of sp³-hybridized carbons (Fsp3) is 0.348. The summed E-state index contributed by atoms with van der Waals surface area (Å²) in [6.45, 7) is 4.36. The maximum absolute atomic E-state index is 12.4. The fourth-order valence-electron chi connectivity index (χ4n) is 2.71. The Hall–Kier alpha value is -2.93. The molecule has 0 radical (unpaired) electrons. The molecule has 0 saturated carbocycles. The van der Waals surface area contributed by atoms with Crippen molar-refractivity contribution in [1.29, 1.82) is 0 Å². The molecule has 0 aliphatic rings. The SMILES string of the molecule is CCCCCCOc1ccc(C(=O)NC(=S)Nc2ccc(N(C)C(C)=O)cc2)cc1. The first-order chi connectivity index (χ1) is 14.4. The second-order valence-corrected chi connectivity index (χ2v) is 7.37. The standard InChI is InChI=1S/C23H29N3O3S/c1-4-5-6-7-16-29-21-14-8-18(9-15-21)22(28)25-23(30)24-19-10-12-20(13-11-19)26(3)17(2)27/h8-15H,4-7,16H2,1-3H3,(H2,24,25,28,30). The minimum Gasteiger partial charge on any atom is -0.494 e. The summed E-state index contributed by atoms with van der Waals surface area (Å²) in [5.41, 5.74) is 1.99. The summed E-state index contributed by atoms with van der Waals surface area (Å²) >= 11 is 5.22. The number of nitrogens with zero attached hydrogens (tertiary/aromatic N) is 1. The summed E-state index contributed by atoms with van der Waals surface area (Å²) < 4.78 is 5.69. The number of ether oxygens (including phenoxy) is 1. The van der Waals surface area contributed by atoms with E-state index in [2.05, 4.69) is 17.6 Å². The van der Waals surface area contributed by atoms with Crippen LogP contribution in [0.25, 0.3) is 0 Å². The van der Waals surface area contributed by atoms with Gasteiger partial charge in [0.05, 0.1) is 6.61 Å². The molecule has 0 aliphatic heterocycles. The van der Waals surface area contributed by atoms with Gasteiger partial charge in [0.25, 0.3) is 5.91 Å². The maximum atomic E-state index is 12.4. The lowest BCUT2D eigenvalue weighted by Gasteiger charge is -2.16. The molecule has 2 amide bonds. The third kappa shape index (κ3) is 7.48. The Morgan fingerprint density at radius 3 is 2.27 bits per heavy atom. The molecule has 2 N–H and O–H groups in total. The van der Waals surface area contributed by atoms with Gasteiger partial charge in [-0.1, -0.05) is 26.2 Å². The van der Waals surface area contributed by atoms with Crippen LogP contribution in [0.15, 0.2) is 48.5 Å². The number of anilines is 2. The molecule has 0 heterocycles. The van der Waals surface area contributed by atoms with Gasteiger partial charge in [-0.2, -0.15) is 0 Å². The van der Waals surface area contributed by atoms with Crippen molar-refractivity contribution >= 4 is 40.5 Å². The molecule has 0 fully saturated rings. The average Bonchev–Trinajstić information content (AvgIpc) is 2.74. The summed E-state index contributed by atoms with van der Waals surface area (Å²) in [5, 5.41) is 5.83. The summed E-state index contributed by atoms with van der Waals surface area (Å²) in [5.74, 6) is 0.403. The van der Waals surface area contributed by atoms with Gasteiger partial charge in [-0.05, 0) is 67.2 Å². The highest BCUT2D eigenvalue weighted by molar-refractivity contribution is 7.80. The second-order valence-electron chi connectivity index (χ2n) is 6.97. The highest BCUT2D eigenvalue weighted by Gasteiger charge is 2.09. The smallest absolute Gasteiger partial charge is 0.257 e. The number of carbonyl (C=O) groups excluding carboxylic acids is 2. The highest BCUT2D eigenvalue weighted by Crippen LogP contribution is 2.17. The van der Waals surface area contributed by atoms with Gasteiger partial charge >= 0.3 is 0 Å². The lowest BCUT2D eigenvalue weighted by atomic mass is 10.2. The molecular weight excluding hydrogens is 398 g/mol. The molecule has 2 aromatic carbocycles. The molecule has 0 unspecified atom stereocenters. The minimum atomic E-state index is -0.296. The van der Waals surface area contributed by atoms with Crippen LogP contribution < -0.4 is 20.3 Å². The Morgan fingerprint density at radius 1 is 1.00 bits per heavy atom. The van der Waals surface area contributed by atoms with Crippen LogP contribution in [0.5, 0.6) is 5.75 Å². The Bertz CT molecular complexity index is 851. The zero-order chi connectivity index (χ0) is 21.9. The first-order valence-electron chi connectivity index (χ1n) is 10.1. The summed E-state index contributed by atoms with van der Waals surface area (Å²) in [6, 6.07) is 14.2. The predicted molar refractivity (Wildman–Crippen MR) is 125 cm³/mol. The third-order valence-electron chi connectivity index (χ3n) is 4.59. The molecule has 0 atom stereocenters. The van der Waals surface area contributed by atoms with E-state index >= 15 is 0 Å². The summed E-state index contributed by atoms with van der Waals surface area (Å²) in [7, 11) is 1.71. The van der Waals surface area contributed by atoms with Crippen molar-refractivity contribution in [2.45, 2.75) is 39.5 Å². The normalized spacial score (nSPS) is 10.2. The van der Waals surface area contributed by atoms with Crippen molar-refractivity contribution in [2.24, 2.45) is 0 Å². The lowest BCUT2D eigenvalue weighted by molar-refractivity contribution is -0.116. The van der Waals surface area contributed by atoms with Crippen LogP contribution in [-0.4, -0.2) is 30.6 Å². The van der Waals surface area contributed by atoms with E-state index in [1.165, 1.54) is 19.8 Å². The number of hydrogen-bond acceptors (Lipinski definition) is 4. The fourth-order valence-corrected chi connectivity index (χ4v) is 2.92. The monoisotopic (exact) mass is 427 g/mol. The number of carbonyl (C=O) groups is 2. The number of amides is 2. The van der Waals surface area contributed by atoms with Gasteiger partial charge in [0.15, 0.2) is 5.11 Å². The van der Waals surface area contributed by atoms with Crippen LogP contribution in [0.4, 0.5) is 11.4 Å². The van der Waals surface area contributed by atoms with Crippen LogP contribution in [0.1, 0.15) is 49.9 Å². The molecule has 30 heavy (non-hydrogen) atoms. The van der Waals surface area contributed by atoms with Gasteiger partial charge in [-0.25, -0.2) is 0 Å². The average molecular weight is 428 g/mol. The van der Waals surface area contributed by atoms with E-state index in [4.69, 9.17) is 17.0 Å². The van der Waals surface area contributed by atoms with Crippen LogP contribution in [-0.2, 0) is 4.79 Å². The second kappa shape index (κ2) is 11.9. The van der Waals surface area contributed by atoms with Gasteiger partial charge in [0.1, 0.15) is 5.75 Å². The van der Waals surface area contributed by atoms with Crippen molar-refractivity contribution in [1.82, 2.24) is 5.32 Å². The number of benzene rings is 2. The lowest BCUT2D eigenvalue weighted by Crippen LogP contribution is -2.34. The molecule has 2 aromatic rings. The minimum absolute atomic E-state index is 0.0496. The van der Waals surface area contributed by atoms with Gasteiger partial charge in [-0.3, -0.25) is 14.9 Å². The van der Waals surface area contributed by atoms with E-state index in [0.717, 1.165) is 24.3 Å². The van der Waals surface area contributed by atoms with E-state index < -0.39 is 0 Å².